The zero-order valence-electron chi connectivity index (χ0n) is 10.8. The van der Waals surface area contributed by atoms with Crippen molar-refractivity contribution in [2.75, 3.05) is 12.4 Å². The minimum absolute atomic E-state index is 0.253. The smallest absolute Gasteiger partial charge is 0.255 e. The van der Waals surface area contributed by atoms with Gasteiger partial charge in [0.05, 0.1) is 11.3 Å². The summed E-state index contributed by atoms with van der Waals surface area (Å²) in [7, 11) is 1.54. The molecule has 2 N–H and O–H groups in total. The Morgan fingerprint density at radius 2 is 1.60 bits per heavy atom. The zero-order chi connectivity index (χ0) is 14.5. The lowest BCUT2D eigenvalue weighted by Crippen LogP contribution is -2.21. The van der Waals surface area contributed by atoms with Crippen molar-refractivity contribution >= 4 is 29.1 Å². The van der Waals surface area contributed by atoms with Crippen LogP contribution in [0.15, 0.2) is 48.5 Å². The van der Waals surface area contributed by atoms with Gasteiger partial charge in [0, 0.05) is 17.6 Å². The highest BCUT2D eigenvalue weighted by Crippen LogP contribution is 2.17. The van der Waals surface area contributed by atoms with Crippen molar-refractivity contribution < 1.29 is 9.59 Å². The third kappa shape index (κ3) is 3.16. The Kier molecular flexibility index (Phi) is 4.38. The molecule has 0 unspecified atom stereocenters. The van der Waals surface area contributed by atoms with Gasteiger partial charge in [-0.25, -0.2) is 0 Å². The first-order valence-corrected chi connectivity index (χ1v) is 6.37. The monoisotopic (exact) mass is 288 g/mol. The third-order valence-corrected chi connectivity index (χ3v) is 3.01. The molecular formula is C15H13ClN2O2. The molecule has 0 fully saturated rings. The molecule has 0 aliphatic carbocycles. The summed E-state index contributed by atoms with van der Waals surface area (Å²) in [5, 5.41) is 5.82. The fraction of sp³-hybridized carbons (Fsp3) is 0.0667. The van der Waals surface area contributed by atoms with E-state index in [0.717, 1.165) is 0 Å². The van der Waals surface area contributed by atoms with Crippen molar-refractivity contribution in [3.63, 3.8) is 0 Å². The van der Waals surface area contributed by atoms with Gasteiger partial charge in [0.15, 0.2) is 0 Å². The molecule has 0 aromatic heterocycles. The summed E-state index contributed by atoms with van der Waals surface area (Å²) in [5.74, 6) is -0.546. The lowest BCUT2D eigenvalue weighted by molar-refractivity contribution is 0.0964. The van der Waals surface area contributed by atoms with Crippen molar-refractivity contribution in [1.82, 2.24) is 5.32 Å². The van der Waals surface area contributed by atoms with Crippen LogP contribution in [-0.4, -0.2) is 18.9 Å². The number of nitrogens with one attached hydrogen (secondary N) is 2. The Hall–Kier alpha value is -2.33. The van der Waals surface area contributed by atoms with Crippen LogP contribution in [0.1, 0.15) is 20.7 Å². The molecular weight excluding hydrogens is 276 g/mol. The topological polar surface area (TPSA) is 58.2 Å². The largest absolute Gasteiger partial charge is 0.355 e. The maximum Gasteiger partial charge on any atom is 0.255 e. The van der Waals surface area contributed by atoms with E-state index in [1.54, 1.807) is 55.6 Å². The van der Waals surface area contributed by atoms with Crippen molar-refractivity contribution in [2.45, 2.75) is 0 Å². The van der Waals surface area contributed by atoms with E-state index in [4.69, 9.17) is 11.6 Å². The minimum atomic E-state index is -0.294. The Labute approximate surface area is 121 Å². The Bertz CT molecular complexity index is 639. The summed E-state index contributed by atoms with van der Waals surface area (Å²) in [6.45, 7) is 0. The normalized spacial score (nSPS) is 9.90. The summed E-state index contributed by atoms with van der Waals surface area (Å²) >= 11 is 5.78. The second kappa shape index (κ2) is 6.21. The van der Waals surface area contributed by atoms with Crippen LogP contribution in [0.4, 0.5) is 5.69 Å². The number of hydrogen-bond acceptors (Lipinski definition) is 2. The first-order valence-electron chi connectivity index (χ1n) is 6.00. The molecule has 2 rings (SSSR count). The fourth-order valence-electron chi connectivity index (χ4n) is 1.72. The molecule has 0 aliphatic heterocycles. The van der Waals surface area contributed by atoms with Crippen molar-refractivity contribution in [3.05, 3.63) is 64.7 Å². The first-order chi connectivity index (χ1) is 9.61. The molecule has 2 aromatic rings. The van der Waals surface area contributed by atoms with E-state index in [0.29, 0.717) is 21.8 Å². The van der Waals surface area contributed by atoms with Gasteiger partial charge in [-0.05, 0) is 36.4 Å². The van der Waals surface area contributed by atoms with Gasteiger partial charge >= 0.3 is 0 Å². The van der Waals surface area contributed by atoms with Crippen LogP contribution < -0.4 is 10.6 Å². The molecule has 4 nitrogen and oxygen atoms in total. The molecule has 102 valence electrons. The second-order valence-corrected chi connectivity index (χ2v) is 4.52. The van der Waals surface area contributed by atoms with Gasteiger partial charge < -0.3 is 10.6 Å². The molecule has 0 aliphatic rings. The summed E-state index contributed by atoms with van der Waals surface area (Å²) in [6, 6.07) is 13.4. The predicted molar refractivity (Wildman–Crippen MR) is 79.2 cm³/mol. The highest BCUT2D eigenvalue weighted by molar-refractivity contribution is 6.30. The van der Waals surface area contributed by atoms with E-state index < -0.39 is 0 Å². The molecule has 0 bridgehead atoms. The number of amides is 2. The lowest BCUT2D eigenvalue weighted by Gasteiger charge is -2.10. The van der Waals surface area contributed by atoms with Crippen molar-refractivity contribution in [1.29, 1.82) is 0 Å². The molecule has 0 radical (unpaired) electrons. The standard InChI is InChI=1S/C15H13ClN2O2/c1-17-15(20)12-4-2-3-5-13(12)18-14(19)10-6-8-11(16)9-7-10/h2-9H,1H3,(H,17,20)(H,18,19). The molecule has 20 heavy (non-hydrogen) atoms. The van der Waals surface area contributed by atoms with E-state index in [1.807, 2.05) is 0 Å². The average molecular weight is 289 g/mol. The van der Waals surface area contributed by atoms with Crippen molar-refractivity contribution in [3.8, 4) is 0 Å². The molecule has 5 heteroatoms. The van der Waals surface area contributed by atoms with E-state index >= 15 is 0 Å². The number of halogens is 1. The summed E-state index contributed by atoms with van der Waals surface area (Å²) in [4.78, 5) is 23.8. The zero-order valence-corrected chi connectivity index (χ0v) is 11.6. The van der Waals surface area contributed by atoms with Crippen LogP contribution in [0.2, 0.25) is 5.02 Å². The van der Waals surface area contributed by atoms with Crippen LogP contribution >= 0.6 is 11.6 Å². The highest BCUT2D eigenvalue weighted by atomic mass is 35.5. The number of benzene rings is 2. The lowest BCUT2D eigenvalue weighted by atomic mass is 10.1. The van der Waals surface area contributed by atoms with Crippen LogP contribution in [0.3, 0.4) is 0 Å². The Morgan fingerprint density at radius 3 is 2.25 bits per heavy atom. The Morgan fingerprint density at radius 1 is 0.950 bits per heavy atom. The van der Waals surface area contributed by atoms with E-state index in [-0.39, 0.29) is 11.8 Å². The van der Waals surface area contributed by atoms with E-state index in [2.05, 4.69) is 10.6 Å². The van der Waals surface area contributed by atoms with Crippen LogP contribution in [0.25, 0.3) is 0 Å². The van der Waals surface area contributed by atoms with Crippen LogP contribution in [0.5, 0.6) is 0 Å². The van der Waals surface area contributed by atoms with Gasteiger partial charge in [-0.2, -0.15) is 0 Å². The highest BCUT2D eigenvalue weighted by Gasteiger charge is 2.12. The van der Waals surface area contributed by atoms with Crippen LogP contribution in [-0.2, 0) is 0 Å². The molecule has 2 amide bonds. The van der Waals surface area contributed by atoms with Crippen LogP contribution in [0, 0.1) is 0 Å². The summed E-state index contributed by atoms with van der Waals surface area (Å²) in [5.41, 5.74) is 1.35. The Balaban J connectivity index is 2.24. The van der Waals surface area contributed by atoms with E-state index in [9.17, 15) is 9.59 Å². The van der Waals surface area contributed by atoms with Gasteiger partial charge in [-0.15, -0.1) is 0 Å². The van der Waals surface area contributed by atoms with Gasteiger partial charge in [-0.1, -0.05) is 23.7 Å². The van der Waals surface area contributed by atoms with Gasteiger partial charge in [0.25, 0.3) is 11.8 Å². The van der Waals surface area contributed by atoms with Gasteiger partial charge in [-0.3, -0.25) is 9.59 Å². The summed E-state index contributed by atoms with van der Waals surface area (Å²) in [6.07, 6.45) is 0. The predicted octanol–water partition coefficient (Wildman–Crippen LogP) is 2.95. The number of hydrogen-bond donors (Lipinski definition) is 2. The molecule has 0 heterocycles. The van der Waals surface area contributed by atoms with Gasteiger partial charge in [0.1, 0.15) is 0 Å². The quantitative estimate of drug-likeness (QED) is 0.912. The SMILES string of the molecule is CNC(=O)c1ccccc1NC(=O)c1ccc(Cl)cc1. The number of rotatable bonds is 3. The number of anilines is 1. The number of carbonyl (C=O) groups excluding carboxylic acids is 2. The molecule has 0 atom stereocenters. The number of para-hydroxylation sites is 1. The number of carbonyl (C=O) groups is 2. The molecule has 0 saturated heterocycles. The average Bonchev–Trinajstić information content (AvgIpc) is 2.47. The molecule has 0 saturated carbocycles. The second-order valence-electron chi connectivity index (χ2n) is 4.09. The van der Waals surface area contributed by atoms with Crippen molar-refractivity contribution in [2.24, 2.45) is 0 Å². The minimum Gasteiger partial charge on any atom is -0.355 e. The summed E-state index contributed by atoms with van der Waals surface area (Å²) < 4.78 is 0. The van der Waals surface area contributed by atoms with Gasteiger partial charge in [0.2, 0.25) is 0 Å². The maximum atomic E-state index is 12.1. The third-order valence-electron chi connectivity index (χ3n) is 2.75. The molecule has 2 aromatic carbocycles. The van der Waals surface area contributed by atoms with E-state index in [1.165, 1.54) is 0 Å². The fourth-order valence-corrected chi connectivity index (χ4v) is 1.85. The molecule has 0 spiro atoms. The first kappa shape index (κ1) is 14.1. The maximum absolute atomic E-state index is 12.1.